The Morgan fingerprint density at radius 3 is 2.63 bits per heavy atom. The standard InChI is InChI=1S/C24H38N2O3S/c1-5-16-14-21-17(15-23(16)29-30(25,27)28)6-8-20-19(21)10-12-24(2)18(7-9-22(20)24)11-13-26(3)4/h14-15,18-20,22H,5-13H2,1-4H3,(H2,25,27,28)/t18-,19+,20-,22+,24-/m1/s1. The van der Waals surface area contributed by atoms with Crippen LogP contribution in [0.1, 0.15) is 75.0 Å². The van der Waals surface area contributed by atoms with Crippen molar-refractivity contribution in [1.82, 2.24) is 4.90 Å². The first kappa shape index (κ1) is 22.1. The van der Waals surface area contributed by atoms with Gasteiger partial charge in [0, 0.05) is 0 Å². The average molecular weight is 435 g/mol. The molecule has 0 unspecified atom stereocenters. The normalized spacial score (nSPS) is 33.1. The van der Waals surface area contributed by atoms with E-state index in [1.165, 1.54) is 56.2 Å². The van der Waals surface area contributed by atoms with E-state index in [1.54, 1.807) is 0 Å². The number of aryl methyl sites for hydroxylation is 2. The molecule has 6 heteroatoms. The SMILES string of the molecule is CCc1cc2c(cc1OS(N)(=O)=O)CC[C@@H]1[C@@H]2CC[C@]2(C)[C@@H](CCN(C)C)CC[C@@H]12. The zero-order chi connectivity index (χ0) is 21.7. The van der Waals surface area contributed by atoms with Crippen LogP contribution in [0.15, 0.2) is 12.1 Å². The molecule has 5 atom stereocenters. The molecule has 0 spiro atoms. The van der Waals surface area contributed by atoms with Gasteiger partial charge in [0.25, 0.3) is 0 Å². The zero-order valence-corrected chi connectivity index (χ0v) is 19.8. The lowest BCUT2D eigenvalue weighted by molar-refractivity contribution is 0.0240. The molecule has 0 aromatic heterocycles. The van der Waals surface area contributed by atoms with Gasteiger partial charge in [0.1, 0.15) is 5.75 Å². The Bertz CT molecular complexity index is 898. The summed E-state index contributed by atoms with van der Waals surface area (Å²) < 4.78 is 28.1. The second-order valence-electron chi connectivity index (χ2n) is 10.4. The zero-order valence-electron chi connectivity index (χ0n) is 19.0. The van der Waals surface area contributed by atoms with Crippen molar-refractivity contribution in [2.45, 2.75) is 71.1 Å². The summed E-state index contributed by atoms with van der Waals surface area (Å²) in [6, 6.07) is 4.19. The molecule has 2 saturated carbocycles. The number of hydrogen-bond donors (Lipinski definition) is 1. The van der Waals surface area contributed by atoms with Crippen molar-refractivity contribution in [3.8, 4) is 5.75 Å². The highest BCUT2D eigenvalue weighted by Crippen LogP contribution is 2.63. The highest BCUT2D eigenvalue weighted by atomic mass is 32.2. The molecular formula is C24H38N2O3S. The van der Waals surface area contributed by atoms with Gasteiger partial charge in [-0.2, -0.15) is 13.6 Å². The molecule has 0 saturated heterocycles. The van der Waals surface area contributed by atoms with Crippen LogP contribution in [-0.2, 0) is 23.1 Å². The molecule has 3 aliphatic rings. The lowest BCUT2D eigenvalue weighted by atomic mass is 9.54. The first-order valence-corrected chi connectivity index (χ1v) is 13.1. The molecular weight excluding hydrogens is 396 g/mol. The van der Waals surface area contributed by atoms with Gasteiger partial charge in [-0.15, -0.1) is 0 Å². The maximum absolute atomic E-state index is 11.5. The quantitative estimate of drug-likeness (QED) is 0.726. The molecule has 30 heavy (non-hydrogen) atoms. The predicted molar refractivity (Wildman–Crippen MR) is 121 cm³/mol. The van der Waals surface area contributed by atoms with Gasteiger partial charge >= 0.3 is 10.3 Å². The van der Waals surface area contributed by atoms with Gasteiger partial charge in [-0.3, -0.25) is 0 Å². The molecule has 0 amide bonds. The van der Waals surface area contributed by atoms with Gasteiger partial charge in [-0.1, -0.05) is 19.9 Å². The Balaban J connectivity index is 1.60. The lowest BCUT2D eigenvalue weighted by Gasteiger charge is -2.51. The predicted octanol–water partition coefficient (Wildman–Crippen LogP) is 4.26. The number of rotatable bonds is 6. The van der Waals surface area contributed by atoms with E-state index in [4.69, 9.17) is 9.32 Å². The fourth-order valence-corrected chi connectivity index (χ4v) is 7.53. The molecule has 2 fully saturated rings. The third kappa shape index (κ3) is 4.03. The topological polar surface area (TPSA) is 72.6 Å². The molecule has 1 aromatic rings. The van der Waals surface area contributed by atoms with Crippen LogP contribution >= 0.6 is 0 Å². The Kier molecular flexibility index (Phi) is 5.97. The highest BCUT2D eigenvalue weighted by molar-refractivity contribution is 7.84. The summed E-state index contributed by atoms with van der Waals surface area (Å²) in [7, 11) is 0.366. The summed E-state index contributed by atoms with van der Waals surface area (Å²) in [4.78, 5) is 2.33. The minimum Gasteiger partial charge on any atom is -0.371 e. The Morgan fingerprint density at radius 1 is 1.20 bits per heavy atom. The Labute approximate surface area is 182 Å². The highest BCUT2D eigenvalue weighted by Gasteiger charge is 2.54. The fraction of sp³-hybridized carbons (Fsp3) is 0.750. The van der Waals surface area contributed by atoms with Crippen LogP contribution in [0, 0.1) is 23.2 Å². The minimum absolute atomic E-state index is 0.419. The van der Waals surface area contributed by atoms with Crippen molar-refractivity contribution < 1.29 is 12.6 Å². The van der Waals surface area contributed by atoms with Crippen molar-refractivity contribution in [1.29, 1.82) is 0 Å². The average Bonchev–Trinajstić information content (AvgIpc) is 3.00. The van der Waals surface area contributed by atoms with Crippen LogP contribution in [0.4, 0.5) is 0 Å². The largest absolute Gasteiger partial charge is 0.380 e. The maximum atomic E-state index is 11.5. The molecule has 168 valence electrons. The molecule has 2 N–H and O–H groups in total. The summed E-state index contributed by atoms with van der Waals surface area (Å²) in [6.45, 7) is 5.82. The summed E-state index contributed by atoms with van der Waals surface area (Å²) in [5.74, 6) is 3.46. The minimum atomic E-state index is -4.00. The first-order valence-electron chi connectivity index (χ1n) is 11.6. The molecule has 0 aliphatic heterocycles. The molecule has 0 heterocycles. The van der Waals surface area contributed by atoms with E-state index in [9.17, 15) is 8.42 Å². The van der Waals surface area contributed by atoms with E-state index in [2.05, 4.69) is 32.0 Å². The summed E-state index contributed by atoms with van der Waals surface area (Å²) in [6.07, 6.45) is 9.60. The van der Waals surface area contributed by atoms with E-state index in [1.807, 2.05) is 13.0 Å². The molecule has 1 aromatic carbocycles. The Hall–Kier alpha value is -1.11. The monoisotopic (exact) mass is 434 g/mol. The van der Waals surface area contributed by atoms with Gasteiger partial charge in [0.2, 0.25) is 0 Å². The van der Waals surface area contributed by atoms with E-state index in [0.29, 0.717) is 17.1 Å². The number of benzene rings is 1. The van der Waals surface area contributed by atoms with Gasteiger partial charge in [0.15, 0.2) is 0 Å². The fourth-order valence-electron chi connectivity index (χ4n) is 7.12. The maximum Gasteiger partial charge on any atom is 0.380 e. The van der Waals surface area contributed by atoms with Crippen molar-refractivity contribution in [2.75, 3.05) is 20.6 Å². The van der Waals surface area contributed by atoms with E-state index in [-0.39, 0.29) is 0 Å². The van der Waals surface area contributed by atoms with Crippen molar-refractivity contribution in [3.05, 3.63) is 28.8 Å². The van der Waals surface area contributed by atoms with Crippen LogP contribution in [0.3, 0.4) is 0 Å². The van der Waals surface area contributed by atoms with E-state index >= 15 is 0 Å². The molecule has 3 aliphatic carbocycles. The van der Waals surface area contributed by atoms with Crippen LogP contribution in [0.2, 0.25) is 0 Å². The number of nitrogens with zero attached hydrogens (tertiary/aromatic N) is 1. The van der Waals surface area contributed by atoms with Crippen LogP contribution < -0.4 is 9.32 Å². The molecule has 0 bridgehead atoms. The Morgan fingerprint density at radius 2 is 1.97 bits per heavy atom. The lowest BCUT2D eigenvalue weighted by Crippen LogP contribution is -2.42. The second-order valence-corrected chi connectivity index (χ2v) is 11.6. The van der Waals surface area contributed by atoms with Gasteiger partial charge in [-0.25, -0.2) is 0 Å². The number of nitrogens with two attached hydrogens (primary N) is 1. The molecule has 5 nitrogen and oxygen atoms in total. The summed E-state index contributed by atoms with van der Waals surface area (Å²) in [5, 5.41) is 5.15. The van der Waals surface area contributed by atoms with Crippen molar-refractivity contribution in [3.63, 3.8) is 0 Å². The summed E-state index contributed by atoms with van der Waals surface area (Å²) >= 11 is 0. The second kappa shape index (κ2) is 8.10. The van der Waals surface area contributed by atoms with Gasteiger partial charge < -0.3 is 9.08 Å². The van der Waals surface area contributed by atoms with Crippen LogP contribution in [0.25, 0.3) is 0 Å². The van der Waals surface area contributed by atoms with Crippen LogP contribution in [-0.4, -0.2) is 34.0 Å². The third-order valence-corrected chi connectivity index (χ3v) is 9.03. The van der Waals surface area contributed by atoms with E-state index in [0.717, 1.165) is 36.2 Å². The van der Waals surface area contributed by atoms with Crippen LogP contribution in [0.5, 0.6) is 5.75 Å². The first-order chi connectivity index (χ1) is 14.1. The molecule has 4 rings (SSSR count). The summed E-state index contributed by atoms with van der Waals surface area (Å²) in [5.41, 5.74) is 4.15. The number of fused-ring (bicyclic) bond motifs is 5. The van der Waals surface area contributed by atoms with E-state index < -0.39 is 10.3 Å². The third-order valence-electron chi connectivity index (χ3n) is 8.61. The smallest absolute Gasteiger partial charge is 0.371 e. The van der Waals surface area contributed by atoms with Gasteiger partial charge in [0.05, 0.1) is 0 Å². The van der Waals surface area contributed by atoms with Crippen molar-refractivity contribution >= 4 is 10.3 Å². The van der Waals surface area contributed by atoms with Gasteiger partial charge in [-0.05, 0) is 124 Å². The number of hydrogen-bond acceptors (Lipinski definition) is 4. The molecule has 0 radical (unpaired) electrons. The van der Waals surface area contributed by atoms with Crippen molar-refractivity contribution in [2.24, 2.45) is 28.3 Å².